The fourth-order valence-electron chi connectivity index (χ4n) is 3.17. The van der Waals surface area contributed by atoms with E-state index in [1.54, 1.807) is 13.2 Å². The Labute approximate surface area is 169 Å². The minimum atomic E-state index is -0.404. The highest BCUT2D eigenvalue weighted by molar-refractivity contribution is 6.21. The SMILES string of the molecule is COc1cc(C(C)NC(=O)c2ccc3c(c2)C(=O)N(C)C3=O)ccc1OC(C)C. The fourth-order valence-corrected chi connectivity index (χ4v) is 3.17. The number of methoxy groups -OCH3 is 1. The molecular formula is C22H24N2O5. The number of rotatable bonds is 6. The number of ether oxygens (including phenoxy) is 2. The van der Waals surface area contributed by atoms with Crippen molar-refractivity contribution in [3.63, 3.8) is 0 Å². The van der Waals surface area contributed by atoms with Crippen LogP contribution in [0.15, 0.2) is 36.4 Å². The van der Waals surface area contributed by atoms with Gasteiger partial charge in [0, 0.05) is 12.6 Å². The van der Waals surface area contributed by atoms with Crippen LogP contribution in [-0.4, -0.2) is 42.9 Å². The summed E-state index contributed by atoms with van der Waals surface area (Å²) in [5.74, 6) is 0.119. The standard InChI is InChI=1S/C22H24N2O5/c1-12(2)29-18-9-7-14(11-19(18)28-5)13(3)23-20(25)15-6-8-16-17(10-15)22(27)24(4)21(16)26/h6-13H,1-5H3,(H,23,25). The molecular weight excluding hydrogens is 372 g/mol. The Morgan fingerprint density at radius 2 is 1.66 bits per heavy atom. The smallest absolute Gasteiger partial charge is 0.261 e. The molecule has 1 aliphatic heterocycles. The normalized spacial score (nSPS) is 14.1. The van der Waals surface area contributed by atoms with E-state index < -0.39 is 5.91 Å². The summed E-state index contributed by atoms with van der Waals surface area (Å²) in [7, 11) is 2.99. The molecule has 0 spiro atoms. The van der Waals surface area contributed by atoms with Gasteiger partial charge in [0.25, 0.3) is 17.7 Å². The lowest BCUT2D eigenvalue weighted by atomic mass is 10.0. The predicted octanol–water partition coefficient (Wildman–Crippen LogP) is 3.20. The first kappa shape index (κ1) is 20.4. The van der Waals surface area contributed by atoms with Gasteiger partial charge >= 0.3 is 0 Å². The summed E-state index contributed by atoms with van der Waals surface area (Å²) >= 11 is 0. The van der Waals surface area contributed by atoms with Gasteiger partial charge in [-0.15, -0.1) is 0 Å². The van der Waals surface area contributed by atoms with Gasteiger partial charge in [-0.2, -0.15) is 0 Å². The predicted molar refractivity (Wildman–Crippen MR) is 108 cm³/mol. The minimum absolute atomic E-state index is 0.0142. The van der Waals surface area contributed by atoms with Crippen molar-refractivity contribution in [2.24, 2.45) is 0 Å². The van der Waals surface area contributed by atoms with Crippen LogP contribution in [0.2, 0.25) is 0 Å². The van der Waals surface area contributed by atoms with Gasteiger partial charge in [-0.05, 0) is 56.7 Å². The fraction of sp³-hybridized carbons (Fsp3) is 0.318. The van der Waals surface area contributed by atoms with E-state index in [2.05, 4.69) is 5.32 Å². The second-order valence-corrected chi connectivity index (χ2v) is 7.20. The third kappa shape index (κ3) is 3.94. The maximum Gasteiger partial charge on any atom is 0.261 e. The highest BCUT2D eigenvalue weighted by Crippen LogP contribution is 2.31. The number of nitrogens with one attached hydrogen (secondary N) is 1. The summed E-state index contributed by atoms with van der Waals surface area (Å²) in [6.07, 6.45) is 0.0142. The molecule has 1 aliphatic rings. The molecule has 0 aliphatic carbocycles. The zero-order valence-corrected chi connectivity index (χ0v) is 17.1. The minimum Gasteiger partial charge on any atom is -0.493 e. The van der Waals surface area contributed by atoms with E-state index in [9.17, 15) is 14.4 Å². The quantitative estimate of drug-likeness (QED) is 0.758. The van der Waals surface area contributed by atoms with Gasteiger partial charge in [-0.1, -0.05) is 6.07 Å². The van der Waals surface area contributed by atoms with Crippen LogP contribution in [0.5, 0.6) is 11.5 Å². The lowest BCUT2D eigenvalue weighted by molar-refractivity contribution is 0.0693. The zero-order chi connectivity index (χ0) is 21.3. The van der Waals surface area contributed by atoms with Crippen LogP contribution < -0.4 is 14.8 Å². The maximum atomic E-state index is 12.7. The van der Waals surface area contributed by atoms with Gasteiger partial charge in [0.05, 0.1) is 30.4 Å². The summed E-state index contributed by atoms with van der Waals surface area (Å²) in [6.45, 7) is 5.72. The van der Waals surface area contributed by atoms with Crippen molar-refractivity contribution in [3.05, 3.63) is 58.7 Å². The molecule has 0 aromatic heterocycles. The Morgan fingerprint density at radius 1 is 0.966 bits per heavy atom. The number of benzene rings is 2. The van der Waals surface area contributed by atoms with Crippen molar-refractivity contribution < 1.29 is 23.9 Å². The number of hydrogen-bond donors (Lipinski definition) is 1. The van der Waals surface area contributed by atoms with Gasteiger partial charge in [0.1, 0.15) is 0 Å². The van der Waals surface area contributed by atoms with Crippen LogP contribution in [0.1, 0.15) is 63.5 Å². The molecule has 3 rings (SSSR count). The summed E-state index contributed by atoms with van der Waals surface area (Å²) in [5.41, 5.74) is 1.72. The second kappa shape index (κ2) is 7.95. The van der Waals surface area contributed by atoms with E-state index in [1.165, 1.54) is 19.2 Å². The Balaban J connectivity index is 1.78. The molecule has 1 heterocycles. The lowest BCUT2D eigenvalue weighted by Crippen LogP contribution is -2.27. The molecule has 7 heteroatoms. The van der Waals surface area contributed by atoms with Crippen molar-refractivity contribution in [1.82, 2.24) is 10.2 Å². The van der Waals surface area contributed by atoms with Gasteiger partial charge in [0.15, 0.2) is 11.5 Å². The Morgan fingerprint density at radius 3 is 2.31 bits per heavy atom. The van der Waals surface area contributed by atoms with Crippen LogP contribution in [0, 0.1) is 0 Å². The molecule has 1 unspecified atom stereocenters. The van der Waals surface area contributed by atoms with E-state index >= 15 is 0 Å². The summed E-state index contributed by atoms with van der Waals surface area (Å²) in [6, 6.07) is 9.71. The number of imide groups is 1. The molecule has 0 saturated carbocycles. The summed E-state index contributed by atoms with van der Waals surface area (Å²) in [4.78, 5) is 37.9. The van der Waals surface area contributed by atoms with Crippen LogP contribution in [0.4, 0.5) is 0 Å². The molecule has 0 radical (unpaired) electrons. The molecule has 1 N–H and O–H groups in total. The first-order chi connectivity index (χ1) is 13.7. The van der Waals surface area contributed by atoms with Crippen LogP contribution in [0.3, 0.4) is 0 Å². The monoisotopic (exact) mass is 396 g/mol. The van der Waals surface area contributed by atoms with E-state index in [-0.39, 0.29) is 29.5 Å². The van der Waals surface area contributed by atoms with Gasteiger partial charge < -0.3 is 14.8 Å². The largest absolute Gasteiger partial charge is 0.493 e. The number of carbonyl (C=O) groups excluding carboxylic acids is 3. The first-order valence-corrected chi connectivity index (χ1v) is 9.34. The van der Waals surface area contributed by atoms with Crippen LogP contribution >= 0.6 is 0 Å². The van der Waals surface area contributed by atoms with Crippen molar-refractivity contribution in [3.8, 4) is 11.5 Å². The van der Waals surface area contributed by atoms with Crippen LogP contribution in [-0.2, 0) is 0 Å². The molecule has 2 aromatic rings. The molecule has 0 saturated heterocycles. The summed E-state index contributed by atoms with van der Waals surface area (Å²) < 4.78 is 11.1. The number of fused-ring (bicyclic) bond motifs is 1. The molecule has 1 atom stereocenters. The molecule has 29 heavy (non-hydrogen) atoms. The van der Waals surface area contributed by atoms with E-state index in [0.29, 0.717) is 22.6 Å². The van der Waals surface area contributed by atoms with Crippen molar-refractivity contribution in [2.75, 3.05) is 14.2 Å². The Kier molecular flexibility index (Phi) is 5.59. The topological polar surface area (TPSA) is 84.9 Å². The van der Waals surface area contributed by atoms with E-state index in [4.69, 9.17) is 9.47 Å². The molecule has 0 bridgehead atoms. The number of hydrogen-bond acceptors (Lipinski definition) is 5. The third-order valence-corrected chi connectivity index (χ3v) is 4.75. The molecule has 3 amide bonds. The van der Waals surface area contributed by atoms with Crippen LogP contribution in [0.25, 0.3) is 0 Å². The highest BCUT2D eigenvalue weighted by Gasteiger charge is 2.33. The molecule has 0 fully saturated rings. The van der Waals surface area contributed by atoms with Crippen molar-refractivity contribution in [2.45, 2.75) is 32.9 Å². The lowest BCUT2D eigenvalue weighted by Gasteiger charge is -2.18. The van der Waals surface area contributed by atoms with E-state index in [1.807, 2.05) is 39.0 Å². The van der Waals surface area contributed by atoms with E-state index in [0.717, 1.165) is 10.5 Å². The van der Waals surface area contributed by atoms with Gasteiger partial charge in [-0.25, -0.2) is 0 Å². The summed E-state index contributed by atoms with van der Waals surface area (Å²) in [5, 5.41) is 2.91. The zero-order valence-electron chi connectivity index (χ0n) is 17.1. The maximum absolute atomic E-state index is 12.7. The number of amides is 3. The Hall–Kier alpha value is -3.35. The Bertz CT molecular complexity index is 983. The number of nitrogens with zero attached hydrogens (tertiary/aromatic N) is 1. The number of carbonyl (C=O) groups is 3. The highest BCUT2D eigenvalue weighted by atomic mass is 16.5. The molecule has 2 aromatic carbocycles. The van der Waals surface area contributed by atoms with Gasteiger partial charge in [0.2, 0.25) is 0 Å². The van der Waals surface area contributed by atoms with Crippen molar-refractivity contribution >= 4 is 17.7 Å². The first-order valence-electron chi connectivity index (χ1n) is 9.34. The van der Waals surface area contributed by atoms with Gasteiger partial charge in [-0.3, -0.25) is 19.3 Å². The molecule has 7 nitrogen and oxygen atoms in total. The average molecular weight is 396 g/mol. The molecule has 152 valence electrons. The third-order valence-electron chi connectivity index (χ3n) is 4.75. The second-order valence-electron chi connectivity index (χ2n) is 7.20. The van der Waals surface area contributed by atoms with Crippen molar-refractivity contribution in [1.29, 1.82) is 0 Å². The average Bonchev–Trinajstić information content (AvgIpc) is 2.91.